The summed E-state index contributed by atoms with van der Waals surface area (Å²) in [7, 11) is 0. The maximum Gasteiger partial charge on any atom is 0.149 e. The summed E-state index contributed by atoms with van der Waals surface area (Å²) in [6.45, 7) is 5.00. The van der Waals surface area contributed by atoms with E-state index in [-0.39, 0.29) is 0 Å². The van der Waals surface area contributed by atoms with Crippen molar-refractivity contribution < 1.29 is 0 Å². The molecule has 0 bridgehead atoms. The van der Waals surface area contributed by atoms with Crippen LogP contribution in [0.25, 0.3) is 10.6 Å². The molecule has 0 spiro atoms. The van der Waals surface area contributed by atoms with Gasteiger partial charge in [0.25, 0.3) is 0 Å². The van der Waals surface area contributed by atoms with Crippen molar-refractivity contribution in [2.24, 2.45) is 0 Å². The minimum absolute atomic E-state index is 0.464. The monoisotopic (exact) mass is 234 g/mol. The van der Waals surface area contributed by atoms with Gasteiger partial charge in [-0.1, -0.05) is 25.2 Å². The number of hydrogen-bond donors (Lipinski definition) is 1. The van der Waals surface area contributed by atoms with E-state index < -0.39 is 0 Å². The highest BCUT2D eigenvalue weighted by Crippen LogP contribution is 2.22. The molecule has 0 aliphatic carbocycles. The highest BCUT2D eigenvalue weighted by molar-refractivity contribution is 7.14. The van der Waals surface area contributed by atoms with Crippen molar-refractivity contribution in [2.75, 3.05) is 0 Å². The fourth-order valence-electron chi connectivity index (χ4n) is 1.22. The van der Waals surface area contributed by atoms with Crippen molar-refractivity contribution in [2.45, 2.75) is 26.4 Å². The standard InChI is InChI=1S/C11H14N4S/c1-8(2)13-7-10-14-15-11(16-10)9-4-3-5-12-6-9/h3-6,8,13H,7H2,1-2H3. The maximum atomic E-state index is 4.15. The molecule has 2 rings (SSSR count). The number of aromatic nitrogens is 3. The molecular weight excluding hydrogens is 220 g/mol. The minimum atomic E-state index is 0.464. The lowest BCUT2D eigenvalue weighted by atomic mass is 10.3. The first-order valence-corrected chi connectivity index (χ1v) is 6.03. The molecular formula is C11H14N4S. The maximum absolute atomic E-state index is 4.15. The van der Waals surface area contributed by atoms with Gasteiger partial charge in [0.2, 0.25) is 0 Å². The van der Waals surface area contributed by atoms with Gasteiger partial charge in [0.1, 0.15) is 10.0 Å². The second kappa shape index (κ2) is 5.14. The van der Waals surface area contributed by atoms with Gasteiger partial charge in [-0.3, -0.25) is 4.98 Å². The Morgan fingerprint density at radius 1 is 1.38 bits per heavy atom. The molecule has 0 radical (unpaired) electrons. The number of rotatable bonds is 4. The molecule has 0 saturated heterocycles. The molecule has 16 heavy (non-hydrogen) atoms. The summed E-state index contributed by atoms with van der Waals surface area (Å²) in [6, 6.07) is 4.36. The third kappa shape index (κ3) is 2.84. The molecule has 0 atom stereocenters. The molecule has 4 nitrogen and oxygen atoms in total. The average molecular weight is 234 g/mol. The molecule has 1 N–H and O–H groups in total. The molecule has 84 valence electrons. The summed E-state index contributed by atoms with van der Waals surface area (Å²) in [4.78, 5) is 4.07. The summed E-state index contributed by atoms with van der Waals surface area (Å²) >= 11 is 1.60. The van der Waals surface area contributed by atoms with Crippen LogP contribution >= 0.6 is 11.3 Å². The molecule has 2 aromatic heterocycles. The smallest absolute Gasteiger partial charge is 0.149 e. The Morgan fingerprint density at radius 2 is 2.25 bits per heavy atom. The van der Waals surface area contributed by atoms with Crippen molar-refractivity contribution >= 4 is 11.3 Å². The van der Waals surface area contributed by atoms with Crippen LogP contribution in [-0.4, -0.2) is 21.2 Å². The molecule has 5 heteroatoms. The van der Waals surface area contributed by atoms with E-state index in [4.69, 9.17) is 0 Å². The molecule has 0 fully saturated rings. The second-order valence-corrected chi connectivity index (χ2v) is 4.84. The van der Waals surface area contributed by atoms with E-state index in [1.807, 2.05) is 12.1 Å². The zero-order chi connectivity index (χ0) is 11.4. The Labute approximate surface area is 98.8 Å². The fraction of sp³-hybridized carbons (Fsp3) is 0.364. The van der Waals surface area contributed by atoms with Crippen LogP contribution in [0.3, 0.4) is 0 Å². The Bertz CT molecular complexity index is 438. The van der Waals surface area contributed by atoms with Crippen molar-refractivity contribution in [1.82, 2.24) is 20.5 Å². The van der Waals surface area contributed by atoms with Gasteiger partial charge >= 0.3 is 0 Å². The number of nitrogens with zero attached hydrogens (tertiary/aromatic N) is 3. The average Bonchev–Trinajstić information content (AvgIpc) is 2.76. The van der Waals surface area contributed by atoms with Crippen LogP contribution in [0.1, 0.15) is 18.9 Å². The molecule has 2 heterocycles. The van der Waals surface area contributed by atoms with Crippen molar-refractivity contribution in [3.05, 3.63) is 29.5 Å². The summed E-state index contributed by atoms with van der Waals surface area (Å²) in [5, 5.41) is 13.5. The van der Waals surface area contributed by atoms with Crippen LogP contribution in [0.15, 0.2) is 24.5 Å². The van der Waals surface area contributed by atoms with E-state index in [2.05, 4.69) is 34.3 Å². The van der Waals surface area contributed by atoms with E-state index in [0.29, 0.717) is 6.04 Å². The molecule has 0 aliphatic rings. The Balaban J connectivity index is 2.08. The van der Waals surface area contributed by atoms with Crippen LogP contribution < -0.4 is 5.32 Å². The first-order valence-electron chi connectivity index (χ1n) is 5.22. The molecule has 0 saturated carbocycles. The van der Waals surface area contributed by atoms with Crippen LogP contribution in [0.5, 0.6) is 0 Å². The molecule has 0 amide bonds. The summed E-state index contributed by atoms with van der Waals surface area (Å²) in [5.74, 6) is 0. The largest absolute Gasteiger partial charge is 0.308 e. The Kier molecular flexibility index (Phi) is 3.58. The van der Waals surface area contributed by atoms with E-state index >= 15 is 0 Å². The predicted molar refractivity (Wildman–Crippen MR) is 65.1 cm³/mol. The second-order valence-electron chi connectivity index (χ2n) is 3.78. The molecule has 0 unspecified atom stereocenters. The lowest BCUT2D eigenvalue weighted by Crippen LogP contribution is -2.21. The molecule has 0 aliphatic heterocycles. The highest BCUT2D eigenvalue weighted by Gasteiger charge is 2.06. The molecule has 2 aromatic rings. The van der Waals surface area contributed by atoms with E-state index in [1.54, 1.807) is 23.7 Å². The summed E-state index contributed by atoms with van der Waals surface area (Å²) < 4.78 is 0. The summed E-state index contributed by atoms with van der Waals surface area (Å²) in [5.41, 5.74) is 1.02. The predicted octanol–water partition coefficient (Wildman–Crippen LogP) is 2.10. The number of nitrogens with one attached hydrogen (secondary N) is 1. The van der Waals surface area contributed by atoms with E-state index in [1.165, 1.54) is 0 Å². The highest BCUT2D eigenvalue weighted by atomic mass is 32.1. The molecule has 0 aromatic carbocycles. The van der Waals surface area contributed by atoms with Crippen LogP contribution in [0.2, 0.25) is 0 Å². The van der Waals surface area contributed by atoms with Gasteiger partial charge in [-0.2, -0.15) is 0 Å². The minimum Gasteiger partial charge on any atom is -0.308 e. The van der Waals surface area contributed by atoms with Crippen molar-refractivity contribution in [1.29, 1.82) is 0 Å². The van der Waals surface area contributed by atoms with Gasteiger partial charge in [0.05, 0.1) is 0 Å². The van der Waals surface area contributed by atoms with Gasteiger partial charge in [-0.05, 0) is 12.1 Å². The zero-order valence-corrected chi connectivity index (χ0v) is 10.2. The zero-order valence-electron chi connectivity index (χ0n) is 9.34. The first-order chi connectivity index (χ1) is 7.75. The first kappa shape index (κ1) is 11.2. The van der Waals surface area contributed by atoms with Gasteiger partial charge in [0.15, 0.2) is 0 Å². The number of hydrogen-bond acceptors (Lipinski definition) is 5. The van der Waals surface area contributed by atoms with E-state index in [0.717, 1.165) is 22.1 Å². The van der Waals surface area contributed by atoms with Crippen molar-refractivity contribution in [3.8, 4) is 10.6 Å². The SMILES string of the molecule is CC(C)NCc1nnc(-c2cccnc2)s1. The van der Waals surface area contributed by atoms with Gasteiger partial charge in [-0.25, -0.2) is 0 Å². The van der Waals surface area contributed by atoms with Crippen LogP contribution in [0.4, 0.5) is 0 Å². The third-order valence-corrected chi connectivity index (χ3v) is 3.01. The normalized spacial score (nSPS) is 10.9. The Hall–Kier alpha value is -1.33. The van der Waals surface area contributed by atoms with Gasteiger partial charge < -0.3 is 5.32 Å². The summed E-state index contributed by atoms with van der Waals surface area (Å²) in [6.07, 6.45) is 3.56. The lowest BCUT2D eigenvalue weighted by molar-refractivity contribution is 0.585. The quantitative estimate of drug-likeness (QED) is 0.880. The van der Waals surface area contributed by atoms with Crippen LogP contribution in [-0.2, 0) is 6.54 Å². The number of pyridine rings is 1. The van der Waals surface area contributed by atoms with Gasteiger partial charge in [0, 0.05) is 30.5 Å². The Morgan fingerprint density at radius 3 is 2.94 bits per heavy atom. The van der Waals surface area contributed by atoms with Gasteiger partial charge in [-0.15, -0.1) is 10.2 Å². The van der Waals surface area contributed by atoms with E-state index in [9.17, 15) is 0 Å². The third-order valence-electron chi connectivity index (χ3n) is 2.04. The van der Waals surface area contributed by atoms with Crippen LogP contribution in [0, 0.1) is 0 Å². The fourth-order valence-corrected chi connectivity index (χ4v) is 2.00. The topological polar surface area (TPSA) is 50.7 Å². The van der Waals surface area contributed by atoms with Crippen molar-refractivity contribution in [3.63, 3.8) is 0 Å². The lowest BCUT2D eigenvalue weighted by Gasteiger charge is -2.03.